The van der Waals surface area contributed by atoms with Gasteiger partial charge in [0.15, 0.2) is 0 Å². The van der Waals surface area contributed by atoms with Gasteiger partial charge in [0, 0.05) is 0 Å². The van der Waals surface area contributed by atoms with E-state index in [4.69, 9.17) is 5.73 Å². The summed E-state index contributed by atoms with van der Waals surface area (Å²) in [4.78, 5) is 0. The molecule has 0 aliphatic heterocycles. The number of aromatic nitrogens is 4. The van der Waals surface area contributed by atoms with E-state index in [2.05, 4.69) is 27.5 Å². The summed E-state index contributed by atoms with van der Waals surface area (Å²) in [6, 6.07) is 0. The Morgan fingerprint density at radius 2 is 2.09 bits per heavy atom. The van der Waals surface area contributed by atoms with Crippen LogP contribution in [0.2, 0.25) is 0 Å². The molecule has 1 aromatic heterocycles. The molecule has 1 heterocycles. The highest BCUT2D eigenvalue weighted by Gasteiger charge is 1.77. The van der Waals surface area contributed by atoms with Gasteiger partial charge >= 0.3 is 0 Å². The molecule has 0 spiro atoms. The van der Waals surface area contributed by atoms with Crippen molar-refractivity contribution in [3.63, 3.8) is 0 Å². The Hall–Kier alpha value is -1.10. The van der Waals surface area contributed by atoms with Gasteiger partial charge in [0.05, 0.1) is 11.9 Å². The molecular weight excluding hydrogens is 142 g/mol. The monoisotopic (exact) mass is 155 g/mol. The highest BCUT2D eigenvalue weighted by Crippen LogP contribution is 1.75. The molecule has 0 radical (unpaired) electrons. The first-order valence-electron chi connectivity index (χ1n) is 3.49. The van der Waals surface area contributed by atoms with Gasteiger partial charge in [0.1, 0.15) is 0 Å². The Labute approximate surface area is 66.0 Å². The van der Waals surface area contributed by atoms with E-state index >= 15 is 0 Å². The molecule has 0 saturated carbocycles. The third kappa shape index (κ3) is 6.79. The summed E-state index contributed by atoms with van der Waals surface area (Å²) < 4.78 is 0. The Kier molecular flexibility index (Phi) is 6.31. The van der Waals surface area contributed by atoms with Crippen molar-refractivity contribution in [1.82, 2.24) is 20.6 Å². The molecule has 0 unspecified atom stereocenters. The largest absolute Gasteiger partial charge is 0.330 e. The van der Waals surface area contributed by atoms with Crippen LogP contribution in [-0.2, 0) is 0 Å². The quantitative estimate of drug-likeness (QED) is 0.614. The molecule has 0 aliphatic rings. The number of hydrogen-bond acceptors (Lipinski definition) is 5. The number of aryl methyl sites for hydroxylation is 1. The lowest BCUT2D eigenvalue weighted by molar-refractivity contribution is 0.742. The topological polar surface area (TPSA) is 77.6 Å². The van der Waals surface area contributed by atoms with Gasteiger partial charge in [0.2, 0.25) is 0 Å². The van der Waals surface area contributed by atoms with Crippen LogP contribution < -0.4 is 5.73 Å². The van der Waals surface area contributed by atoms with Crippen molar-refractivity contribution in [1.29, 1.82) is 0 Å². The van der Waals surface area contributed by atoms with Gasteiger partial charge in [-0.1, -0.05) is 6.92 Å². The zero-order valence-electron chi connectivity index (χ0n) is 6.86. The number of nitrogens with two attached hydrogens (primary N) is 1. The van der Waals surface area contributed by atoms with Crippen LogP contribution in [0.5, 0.6) is 0 Å². The van der Waals surface area contributed by atoms with Crippen LogP contribution in [-0.4, -0.2) is 27.2 Å². The maximum absolute atomic E-state index is 5.03. The van der Waals surface area contributed by atoms with Crippen molar-refractivity contribution in [3.8, 4) is 0 Å². The van der Waals surface area contributed by atoms with Gasteiger partial charge in [-0.3, -0.25) is 0 Å². The van der Waals surface area contributed by atoms with Crippen LogP contribution in [0.15, 0.2) is 6.20 Å². The lowest BCUT2D eigenvalue weighted by Gasteiger charge is -1.78. The van der Waals surface area contributed by atoms with Crippen LogP contribution in [0.3, 0.4) is 0 Å². The van der Waals surface area contributed by atoms with E-state index in [0.29, 0.717) is 0 Å². The average Bonchev–Trinajstić information content (AvgIpc) is 2.07. The van der Waals surface area contributed by atoms with Crippen molar-refractivity contribution in [2.75, 3.05) is 6.54 Å². The fourth-order valence-corrected chi connectivity index (χ4v) is 0.249. The first-order chi connectivity index (χ1) is 5.31. The Morgan fingerprint density at radius 3 is 2.27 bits per heavy atom. The maximum atomic E-state index is 5.03. The fraction of sp³-hybridized carbons (Fsp3) is 0.667. The van der Waals surface area contributed by atoms with Gasteiger partial charge < -0.3 is 5.73 Å². The standard InChI is InChI=1S/C3H4N4.C3H9N/c1-3-2-4-6-7-5-3;1-2-3-4/h2H,1H3;2-4H2,1H3. The van der Waals surface area contributed by atoms with Gasteiger partial charge in [0.25, 0.3) is 0 Å². The average molecular weight is 155 g/mol. The van der Waals surface area contributed by atoms with E-state index in [0.717, 1.165) is 18.7 Å². The van der Waals surface area contributed by atoms with Crippen LogP contribution >= 0.6 is 0 Å². The first kappa shape index (κ1) is 9.90. The summed E-state index contributed by atoms with van der Waals surface area (Å²) in [6.45, 7) is 4.68. The van der Waals surface area contributed by atoms with Crippen molar-refractivity contribution in [2.45, 2.75) is 20.3 Å². The van der Waals surface area contributed by atoms with E-state index in [1.807, 2.05) is 6.92 Å². The summed E-state index contributed by atoms with van der Waals surface area (Å²) in [5, 5.41) is 13.5. The summed E-state index contributed by atoms with van der Waals surface area (Å²) in [5.41, 5.74) is 5.81. The van der Waals surface area contributed by atoms with Gasteiger partial charge in [-0.05, 0) is 30.3 Å². The fourth-order valence-electron chi connectivity index (χ4n) is 0.249. The maximum Gasteiger partial charge on any atom is 0.0820 e. The van der Waals surface area contributed by atoms with E-state index in [-0.39, 0.29) is 0 Å². The second-order valence-corrected chi connectivity index (χ2v) is 1.95. The summed E-state index contributed by atoms with van der Waals surface area (Å²) >= 11 is 0. The number of nitrogens with zero attached hydrogens (tertiary/aromatic N) is 4. The molecule has 0 atom stereocenters. The molecule has 0 aromatic carbocycles. The Bertz CT molecular complexity index is 162. The zero-order valence-corrected chi connectivity index (χ0v) is 6.86. The first-order valence-corrected chi connectivity index (χ1v) is 3.49. The van der Waals surface area contributed by atoms with E-state index < -0.39 is 0 Å². The highest BCUT2D eigenvalue weighted by molar-refractivity contribution is 4.81. The van der Waals surface area contributed by atoms with Crippen LogP contribution in [0.1, 0.15) is 19.0 Å². The molecule has 62 valence electrons. The Balaban J connectivity index is 0.000000218. The lowest BCUT2D eigenvalue weighted by Crippen LogP contribution is -1.93. The van der Waals surface area contributed by atoms with Crippen LogP contribution in [0, 0.1) is 6.92 Å². The van der Waals surface area contributed by atoms with Gasteiger partial charge in [-0.15, -0.1) is 10.2 Å². The summed E-state index contributed by atoms with van der Waals surface area (Å²) in [6.07, 6.45) is 2.65. The molecule has 11 heavy (non-hydrogen) atoms. The minimum Gasteiger partial charge on any atom is -0.330 e. The molecule has 0 saturated heterocycles. The SMILES string of the molecule is CCCN.Cc1cnnnn1. The minimum absolute atomic E-state index is 0.787. The Morgan fingerprint density at radius 1 is 1.45 bits per heavy atom. The van der Waals surface area contributed by atoms with Crippen LogP contribution in [0.4, 0.5) is 0 Å². The number of hydrogen-bond donors (Lipinski definition) is 1. The van der Waals surface area contributed by atoms with E-state index in [1.165, 1.54) is 0 Å². The molecule has 1 aromatic rings. The highest BCUT2D eigenvalue weighted by atomic mass is 15.4. The molecule has 0 aliphatic carbocycles. The molecular formula is C6H13N5. The second-order valence-electron chi connectivity index (χ2n) is 1.95. The summed E-state index contributed by atoms with van der Waals surface area (Å²) in [7, 11) is 0. The second kappa shape index (κ2) is 7.01. The smallest absolute Gasteiger partial charge is 0.0820 e. The third-order valence-electron chi connectivity index (χ3n) is 0.827. The van der Waals surface area contributed by atoms with Crippen molar-refractivity contribution < 1.29 is 0 Å². The van der Waals surface area contributed by atoms with Gasteiger partial charge in [-0.2, -0.15) is 0 Å². The predicted molar refractivity (Wildman–Crippen MR) is 41.7 cm³/mol. The zero-order chi connectivity index (χ0) is 8.53. The predicted octanol–water partition coefficient (Wildman–Crippen LogP) is -0.0699. The van der Waals surface area contributed by atoms with E-state index in [1.54, 1.807) is 6.20 Å². The molecule has 0 fully saturated rings. The molecule has 0 bridgehead atoms. The summed E-state index contributed by atoms with van der Waals surface area (Å²) in [5.74, 6) is 0. The molecule has 0 amide bonds. The van der Waals surface area contributed by atoms with Crippen molar-refractivity contribution in [3.05, 3.63) is 11.9 Å². The van der Waals surface area contributed by atoms with E-state index in [9.17, 15) is 0 Å². The molecule has 5 nitrogen and oxygen atoms in total. The molecule has 1 rings (SSSR count). The van der Waals surface area contributed by atoms with Crippen molar-refractivity contribution in [2.24, 2.45) is 5.73 Å². The molecule has 5 heteroatoms. The van der Waals surface area contributed by atoms with Crippen molar-refractivity contribution >= 4 is 0 Å². The lowest BCUT2D eigenvalue weighted by atomic mass is 10.5. The molecule has 2 N–H and O–H groups in total. The van der Waals surface area contributed by atoms with Gasteiger partial charge in [-0.25, -0.2) is 0 Å². The number of rotatable bonds is 1. The minimum atomic E-state index is 0.787. The normalized spacial score (nSPS) is 8.27. The third-order valence-corrected chi connectivity index (χ3v) is 0.827. The van der Waals surface area contributed by atoms with Crippen LogP contribution in [0.25, 0.3) is 0 Å².